The average Bonchev–Trinajstić information content (AvgIpc) is 2.68. The molecule has 27 heavy (non-hydrogen) atoms. The summed E-state index contributed by atoms with van der Waals surface area (Å²) in [6, 6.07) is 10.7. The average molecular weight is 374 g/mol. The zero-order valence-electron chi connectivity index (χ0n) is 15.5. The molecule has 2 aromatic rings. The smallest absolute Gasteiger partial charge is 0.251 e. The Kier molecular flexibility index (Phi) is 7.73. The molecule has 0 aromatic heterocycles. The Morgan fingerprint density at radius 2 is 1.93 bits per heavy atom. The van der Waals surface area contributed by atoms with Gasteiger partial charge in [0.25, 0.3) is 5.91 Å². The molecule has 0 bridgehead atoms. The molecule has 5 nitrogen and oxygen atoms in total. The highest BCUT2D eigenvalue weighted by molar-refractivity contribution is 5.94. The van der Waals surface area contributed by atoms with E-state index in [1.165, 1.54) is 0 Å². The third kappa shape index (κ3) is 6.36. The quantitative estimate of drug-likeness (QED) is 0.516. The summed E-state index contributed by atoms with van der Waals surface area (Å²) in [6.45, 7) is 3.18. The van der Waals surface area contributed by atoms with E-state index in [-0.39, 0.29) is 18.0 Å². The first-order valence-electron chi connectivity index (χ1n) is 8.80. The molecule has 7 heteroatoms. The number of amides is 1. The Balaban J connectivity index is 1.96. The first-order chi connectivity index (χ1) is 13.0. The van der Waals surface area contributed by atoms with Crippen LogP contribution in [0.1, 0.15) is 28.4 Å². The minimum absolute atomic E-state index is 0.0328. The van der Waals surface area contributed by atoms with Gasteiger partial charge in [0.05, 0.1) is 6.54 Å². The molecule has 3 N–H and O–H groups in total. The molecule has 0 atom stereocenters. The maximum atomic E-state index is 13.7. The number of rotatable bonds is 7. The zero-order valence-corrected chi connectivity index (χ0v) is 15.5. The van der Waals surface area contributed by atoms with E-state index in [0.29, 0.717) is 31.0 Å². The van der Waals surface area contributed by atoms with E-state index in [9.17, 15) is 13.6 Å². The zero-order chi connectivity index (χ0) is 19.6. The molecule has 0 saturated carbocycles. The van der Waals surface area contributed by atoms with Crippen LogP contribution in [0.25, 0.3) is 0 Å². The molecule has 0 fully saturated rings. The SMILES string of the molecule is CCNC(=NCc1cc(F)ccc1F)NCCc1cccc(C(=O)NC)c1. The van der Waals surface area contributed by atoms with Crippen LogP contribution in [0.3, 0.4) is 0 Å². The largest absolute Gasteiger partial charge is 0.357 e. The van der Waals surface area contributed by atoms with Crippen LogP contribution in [0.4, 0.5) is 8.78 Å². The van der Waals surface area contributed by atoms with Crippen LogP contribution in [0.5, 0.6) is 0 Å². The monoisotopic (exact) mass is 374 g/mol. The summed E-state index contributed by atoms with van der Waals surface area (Å²) < 4.78 is 27.0. The van der Waals surface area contributed by atoms with Gasteiger partial charge in [-0.2, -0.15) is 0 Å². The van der Waals surface area contributed by atoms with Gasteiger partial charge in [0, 0.05) is 31.3 Å². The van der Waals surface area contributed by atoms with E-state index in [2.05, 4.69) is 20.9 Å². The number of nitrogens with zero attached hydrogens (tertiary/aromatic N) is 1. The van der Waals surface area contributed by atoms with Crippen molar-refractivity contribution in [2.45, 2.75) is 19.9 Å². The molecule has 0 aliphatic heterocycles. The lowest BCUT2D eigenvalue weighted by Gasteiger charge is -2.12. The van der Waals surface area contributed by atoms with E-state index in [1.54, 1.807) is 13.1 Å². The molecule has 0 radical (unpaired) electrons. The third-order valence-corrected chi connectivity index (χ3v) is 3.88. The number of aliphatic imine (C=N–C) groups is 1. The second-order valence-corrected chi connectivity index (χ2v) is 5.89. The number of guanidine groups is 1. The van der Waals surface area contributed by atoms with E-state index < -0.39 is 11.6 Å². The van der Waals surface area contributed by atoms with Gasteiger partial charge in [-0.1, -0.05) is 12.1 Å². The molecule has 0 heterocycles. The minimum Gasteiger partial charge on any atom is -0.357 e. The van der Waals surface area contributed by atoms with Crippen molar-refractivity contribution in [2.24, 2.45) is 4.99 Å². The molecule has 0 spiro atoms. The van der Waals surface area contributed by atoms with Crippen LogP contribution in [-0.4, -0.2) is 32.0 Å². The van der Waals surface area contributed by atoms with Gasteiger partial charge in [-0.3, -0.25) is 4.79 Å². The second kappa shape index (κ2) is 10.3. The van der Waals surface area contributed by atoms with Gasteiger partial charge < -0.3 is 16.0 Å². The van der Waals surface area contributed by atoms with Crippen LogP contribution < -0.4 is 16.0 Å². The van der Waals surface area contributed by atoms with Gasteiger partial charge in [0.15, 0.2) is 5.96 Å². The lowest BCUT2D eigenvalue weighted by atomic mass is 10.1. The fourth-order valence-electron chi connectivity index (χ4n) is 2.51. The van der Waals surface area contributed by atoms with E-state index in [1.807, 2.05) is 25.1 Å². The van der Waals surface area contributed by atoms with E-state index in [0.717, 1.165) is 23.8 Å². The van der Waals surface area contributed by atoms with Crippen LogP contribution in [0.2, 0.25) is 0 Å². The van der Waals surface area contributed by atoms with Gasteiger partial charge in [-0.15, -0.1) is 0 Å². The number of carbonyl (C=O) groups is 1. The molecule has 2 aromatic carbocycles. The molecule has 0 saturated heterocycles. The van der Waals surface area contributed by atoms with Crippen molar-refractivity contribution in [3.8, 4) is 0 Å². The number of halogens is 2. The predicted molar refractivity (Wildman–Crippen MR) is 103 cm³/mol. The summed E-state index contributed by atoms with van der Waals surface area (Å²) in [5, 5.41) is 8.83. The molecule has 144 valence electrons. The first-order valence-corrected chi connectivity index (χ1v) is 8.80. The van der Waals surface area contributed by atoms with Gasteiger partial charge >= 0.3 is 0 Å². The van der Waals surface area contributed by atoms with Gasteiger partial charge in [-0.25, -0.2) is 13.8 Å². The molecule has 0 aliphatic carbocycles. The highest BCUT2D eigenvalue weighted by Crippen LogP contribution is 2.10. The molecular formula is C20H24F2N4O. The topological polar surface area (TPSA) is 65.5 Å². The fourth-order valence-corrected chi connectivity index (χ4v) is 2.51. The van der Waals surface area contributed by atoms with Crippen LogP contribution in [0, 0.1) is 11.6 Å². The fraction of sp³-hybridized carbons (Fsp3) is 0.300. The van der Waals surface area contributed by atoms with Gasteiger partial charge in [-0.05, 0) is 49.2 Å². The number of carbonyl (C=O) groups excluding carboxylic acids is 1. The highest BCUT2D eigenvalue weighted by atomic mass is 19.1. The highest BCUT2D eigenvalue weighted by Gasteiger charge is 2.06. The predicted octanol–water partition coefficient (Wildman–Crippen LogP) is 2.62. The first kappa shape index (κ1) is 20.4. The number of hydrogen-bond acceptors (Lipinski definition) is 2. The maximum Gasteiger partial charge on any atom is 0.251 e. The number of hydrogen-bond donors (Lipinski definition) is 3. The number of nitrogens with one attached hydrogen (secondary N) is 3. The van der Waals surface area contributed by atoms with Crippen molar-refractivity contribution >= 4 is 11.9 Å². The van der Waals surface area contributed by atoms with Gasteiger partial charge in [0.1, 0.15) is 11.6 Å². The number of benzene rings is 2. The molecule has 0 aliphatic rings. The Morgan fingerprint density at radius 3 is 2.67 bits per heavy atom. The lowest BCUT2D eigenvalue weighted by molar-refractivity contribution is 0.0963. The summed E-state index contributed by atoms with van der Waals surface area (Å²) in [4.78, 5) is 16.0. The van der Waals surface area contributed by atoms with Crippen molar-refractivity contribution in [3.63, 3.8) is 0 Å². The van der Waals surface area contributed by atoms with Crippen molar-refractivity contribution in [1.29, 1.82) is 0 Å². The summed E-state index contributed by atoms with van der Waals surface area (Å²) in [6.07, 6.45) is 0.684. The standard InChI is InChI=1S/C20H24F2N4O/c1-3-24-20(26-13-16-12-17(21)7-8-18(16)22)25-10-9-14-5-4-6-15(11-14)19(27)23-2/h4-8,11-12H,3,9-10,13H2,1-2H3,(H,23,27)(H2,24,25,26). The van der Waals surface area contributed by atoms with Crippen molar-refractivity contribution < 1.29 is 13.6 Å². The van der Waals surface area contributed by atoms with E-state index in [4.69, 9.17) is 0 Å². The molecule has 0 unspecified atom stereocenters. The second-order valence-electron chi connectivity index (χ2n) is 5.89. The molecule has 1 amide bonds. The summed E-state index contributed by atoms with van der Waals surface area (Å²) in [7, 11) is 1.59. The lowest BCUT2D eigenvalue weighted by Crippen LogP contribution is -2.38. The third-order valence-electron chi connectivity index (χ3n) is 3.88. The normalized spacial score (nSPS) is 11.2. The Morgan fingerprint density at radius 1 is 1.11 bits per heavy atom. The van der Waals surface area contributed by atoms with Crippen LogP contribution in [0.15, 0.2) is 47.5 Å². The summed E-state index contributed by atoms with van der Waals surface area (Å²) in [5.74, 6) is -0.585. The van der Waals surface area contributed by atoms with Crippen molar-refractivity contribution in [1.82, 2.24) is 16.0 Å². The Hall–Kier alpha value is -2.96. The Labute approximate surface area is 157 Å². The van der Waals surface area contributed by atoms with Crippen molar-refractivity contribution in [2.75, 3.05) is 20.1 Å². The summed E-state index contributed by atoms with van der Waals surface area (Å²) >= 11 is 0. The molecular weight excluding hydrogens is 350 g/mol. The molecule has 2 rings (SSSR count). The Bertz CT molecular complexity index is 808. The van der Waals surface area contributed by atoms with E-state index >= 15 is 0 Å². The van der Waals surface area contributed by atoms with Crippen LogP contribution >= 0.6 is 0 Å². The van der Waals surface area contributed by atoms with Crippen molar-refractivity contribution in [3.05, 3.63) is 70.8 Å². The summed E-state index contributed by atoms with van der Waals surface area (Å²) in [5.41, 5.74) is 1.82. The minimum atomic E-state index is -0.490. The maximum absolute atomic E-state index is 13.7. The van der Waals surface area contributed by atoms with Crippen LogP contribution in [-0.2, 0) is 13.0 Å². The van der Waals surface area contributed by atoms with Gasteiger partial charge in [0.2, 0.25) is 0 Å².